The van der Waals surface area contributed by atoms with Crippen LogP contribution in [0.5, 0.6) is 0 Å². The molecule has 0 bridgehead atoms. The SMILES string of the molecule is Cc1ccn(CCC(=O)N(Cc2cccnc2)CC2CCN(Cc3ccccc3C)CC2)n1. The van der Waals surface area contributed by atoms with Crippen LogP contribution in [0.15, 0.2) is 61.1 Å². The second-order valence-corrected chi connectivity index (χ2v) is 9.25. The third-order valence-corrected chi connectivity index (χ3v) is 6.62. The van der Waals surface area contributed by atoms with E-state index in [-0.39, 0.29) is 5.91 Å². The first kappa shape index (κ1) is 23.2. The monoisotopic (exact) mass is 445 g/mol. The molecule has 1 saturated heterocycles. The highest BCUT2D eigenvalue weighted by Crippen LogP contribution is 2.22. The van der Waals surface area contributed by atoms with Gasteiger partial charge in [-0.15, -0.1) is 0 Å². The van der Waals surface area contributed by atoms with E-state index in [1.54, 1.807) is 6.20 Å². The molecule has 3 aromatic rings. The van der Waals surface area contributed by atoms with Crippen molar-refractivity contribution in [1.82, 2.24) is 24.6 Å². The first-order valence-corrected chi connectivity index (χ1v) is 12.0. The number of carbonyl (C=O) groups excluding carboxylic acids is 1. The highest BCUT2D eigenvalue weighted by Gasteiger charge is 2.24. The summed E-state index contributed by atoms with van der Waals surface area (Å²) in [7, 11) is 0. The Kier molecular flexibility index (Phi) is 7.89. The number of rotatable bonds is 9. The van der Waals surface area contributed by atoms with Crippen LogP contribution >= 0.6 is 0 Å². The van der Waals surface area contributed by atoms with Gasteiger partial charge in [0.25, 0.3) is 0 Å². The summed E-state index contributed by atoms with van der Waals surface area (Å²) in [4.78, 5) is 22.0. The Labute approximate surface area is 197 Å². The van der Waals surface area contributed by atoms with Gasteiger partial charge in [0.2, 0.25) is 5.91 Å². The fourth-order valence-corrected chi connectivity index (χ4v) is 4.59. The molecule has 0 spiro atoms. The van der Waals surface area contributed by atoms with E-state index in [0.29, 0.717) is 25.4 Å². The van der Waals surface area contributed by atoms with Crippen molar-refractivity contribution in [2.45, 2.75) is 52.7 Å². The van der Waals surface area contributed by atoms with Crippen molar-refractivity contribution in [3.8, 4) is 0 Å². The summed E-state index contributed by atoms with van der Waals surface area (Å²) in [5.41, 5.74) is 4.84. The minimum absolute atomic E-state index is 0.189. The Morgan fingerprint density at radius 2 is 1.91 bits per heavy atom. The lowest BCUT2D eigenvalue weighted by atomic mass is 9.95. The average molecular weight is 446 g/mol. The van der Waals surface area contributed by atoms with Gasteiger partial charge in [-0.1, -0.05) is 30.3 Å². The summed E-state index contributed by atoms with van der Waals surface area (Å²) < 4.78 is 1.86. The number of likely N-dealkylation sites (tertiary alicyclic amines) is 1. The maximum Gasteiger partial charge on any atom is 0.224 e. The Balaban J connectivity index is 1.33. The number of hydrogen-bond acceptors (Lipinski definition) is 4. The van der Waals surface area contributed by atoms with Crippen molar-refractivity contribution in [2.24, 2.45) is 5.92 Å². The zero-order valence-corrected chi connectivity index (χ0v) is 19.9. The third-order valence-electron chi connectivity index (χ3n) is 6.62. The molecule has 1 aromatic carbocycles. The molecular formula is C27H35N5O. The van der Waals surface area contributed by atoms with Crippen LogP contribution in [0.3, 0.4) is 0 Å². The maximum atomic E-state index is 13.2. The molecule has 33 heavy (non-hydrogen) atoms. The van der Waals surface area contributed by atoms with Gasteiger partial charge < -0.3 is 4.90 Å². The Morgan fingerprint density at radius 3 is 2.61 bits per heavy atom. The highest BCUT2D eigenvalue weighted by atomic mass is 16.2. The minimum Gasteiger partial charge on any atom is -0.338 e. The molecule has 0 saturated carbocycles. The van der Waals surface area contributed by atoms with Gasteiger partial charge in [0.15, 0.2) is 0 Å². The van der Waals surface area contributed by atoms with E-state index in [2.05, 4.69) is 52.2 Å². The van der Waals surface area contributed by atoms with Gasteiger partial charge in [-0.05, 0) is 74.5 Å². The smallest absolute Gasteiger partial charge is 0.224 e. The molecule has 0 N–H and O–H groups in total. The summed E-state index contributed by atoms with van der Waals surface area (Å²) in [5.74, 6) is 0.722. The third kappa shape index (κ3) is 6.75. The van der Waals surface area contributed by atoms with E-state index in [9.17, 15) is 4.79 Å². The lowest BCUT2D eigenvalue weighted by molar-refractivity contribution is -0.133. The zero-order valence-electron chi connectivity index (χ0n) is 19.9. The van der Waals surface area contributed by atoms with E-state index >= 15 is 0 Å². The Hall–Kier alpha value is -2.99. The average Bonchev–Trinajstić information content (AvgIpc) is 3.25. The summed E-state index contributed by atoms with van der Waals surface area (Å²) in [6.07, 6.45) is 8.30. The molecule has 4 rings (SSSR count). The Morgan fingerprint density at radius 1 is 1.09 bits per heavy atom. The summed E-state index contributed by atoms with van der Waals surface area (Å²) in [6.45, 7) is 9.39. The van der Waals surface area contributed by atoms with E-state index < -0.39 is 0 Å². The number of aryl methyl sites for hydroxylation is 3. The number of nitrogens with zero attached hydrogens (tertiary/aromatic N) is 5. The fourth-order valence-electron chi connectivity index (χ4n) is 4.59. The first-order chi connectivity index (χ1) is 16.1. The number of hydrogen-bond donors (Lipinski definition) is 0. The number of benzene rings is 1. The number of piperidine rings is 1. The van der Waals surface area contributed by atoms with Gasteiger partial charge in [0.05, 0.1) is 5.69 Å². The van der Waals surface area contributed by atoms with Crippen molar-refractivity contribution in [3.63, 3.8) is 0 Å². The van der Waals surface area contributed by atoms with Gasteiger partial charge in [0, 0.05) is 51.2 Å². The molecule has 174 valence electrons. The van der Waals surface area contributed by atoms with E-state index in [1.807, 2.05) is 41.0 Å². The maximum absolute atomic E-state index is 13.2. The second-order valence-electron chi connectivity index (χ2n) is 9.25. The van der Waals surface area contributed by atoms with Crippen molar-refractivity contribution in [3.05, 3.63) is 83.4 Å². The predicted octanol–water partition coefficient (Wildman–Crippen LogP) is 4.23. The molecule has 0 radical (unpaired) electrons. The quantitative estimate of drug-likeness (QED) is 0.495. The van der Waals surface area contributed by atoms with Crippen LogP contribution in [-0.4, -0.2) is 50.1 Å². The van der Waals surface area contributed by atoms with Crippen LogP contribution in [0.4, 0.5) is 0 Å². The molecule has 1 amide bonds. The summed E-state index contributed by atoms with van der Waals surface area (Å²) in [5, 5.41) is 4.42. The van der Waals surface area contributed by atoms with Crippen molar-refractivity contribution >= 4 is 5.91 Å². The van der Waals surface area contributed by atoms with Crippen molar-refractivity contribution < 1.29 is 4.79 Å². The van der Waals surface area contributed by atoms with Crippen LogP contribution < -0.4 is 0 Å². The lowest BCUT2D eigenvalue weighted by Gasteiger charge is -2.35. The summed E-state index contributed by atoms with van der Waals surface area (Å²) >= 11 is 0. The zero-order chi connectivity index (χ0) is 23.0. The molecule has 6 nitrogen and oxygen atoms in total. The molecular weight excluding hydrogens is 410 g/mol. The van der Waals surface area contributed by atoms with Crippen LogP contribution in [0.2, 0.25) is 0 Å². The molecule has 2 aromatic heterocycles. The Bertz CT molecular complexity index is 1020. The van der Waals surface area contributed by atoms with Crippen LogP contribution in [-0.2, 0) is 24.4 Å². The molecule has 3 heterocycles. The van der Waals surface area contributed by atoms with Gasteiger partial charge in [-0.3, -0.25) is 19.4 Å². The standard InChI is InChI=1S/C27H35N5O/c1-22-6-3-4-8-26(22)21-30-14-10-24(11-15-30)19-31(20-25-7-5-13-28-18-25)27(33)12-17-32-16-9-23(2)29-32/h3-9,13,16,18,24H,10-12,14-15,17,19-21H2,1-2H3. The van der Waals surface area contributed by atoms with Crippen molar-refractivity contribution in [1.29, 1.82) is 0 Å². The topological polar surface area (TPSA) is 54.3 Å². The first-order valence-electron chi connectivity index (χ1n) is 12.0. The number of carbonyl (C=O) groups is 1. The summed E-state index contributed by atoms with van der Waals surface area (Å²) in [6, 6.07) is 14.6. The molecule has 6 heteroatoms. The van der Waals surface area contributed by atoms with Crippen LogP contribution in [0.1, 0.15) is 41.6 Å². The lowest BCUT2D eigenvalue weighted by Crippen LogP contribution is -2.40. The fraction of sp³-hybridized carbons (Fsp3) is 0.444. The number of pyridine rings is 1. The van der Waals surface area contributed by atoms with Crippen molar-refractivity contribution in [2.75, 3.05) is 19.6 Å². The van der Waals surface area contributed by atoms with Gasteiger partial charge in [-0.25, -0.2) is 0 Å². The molecule has 1 fully saturated rings. The molecule has 0 atom stereocenters. The second kappa shape index (κ2) is 11.2. The minimum atomic E-state index is 0.189. The van der Waals surface area contributed by atoms with Gasteiger partial charge in [0.1, 0.15) is 0 Å². The number of amides is 1. The van der Waals surface area contributed by atoms with Crippen LogP contribution in [0, 0.1) is 19.8 Å². The predicted molar refractivity (Wildman–Crippen MR) is 130 cm³/mol. The van der Waals surface area contributed by atoms with E-state index in [0.717, 1.165) is 50.3 Å². The van der Waals surface area contributed by atoms with E-state index in [4.69, 9.17) is 0 Å². The largest absolute Gasteiger partial charge is 0.338 e. The molecule has 1 aliphatic heterocycles. The van der Waals surface area contributed by atoms with E-state index in [1.165, 1.54) is 11.1 Å². The molecule has 0 aliphatic carbocycles. The van der Waals surface area contributed by atoms with Crippen LogP contribution in [0.25, 0.3) is 0 Å². The molecule has 1 aliphatic rings. The highest BCUT2D eigenvalue weighted by molar-refractivity contribution is 5.76. The normalized spacial score (nSPS) is 15.0. The number of aromatic nitrogens is 3. The molecule has 0 unspecified atom stereocenters. The van der Waals surface area contributed by atoms with Gasteiger partial charge in [-0.2, -0.15) is 5.10 Å². The van der Waals surface area contributed by atoms with Gasteiger partial charge >= 0.3 is 0 Å².